The van der Waals surface area contributed by atoms with E-state index in [1.807, 2.05) is 25.5 Å². The second-order valence-electron chi connectivity index (χ2n) is 11.6. The summed E-state index contributed by atoms with van der Waals surface area (Å²) in [6.07, 6.45) is 18.6. The summed E-state index contributed by atoms with van der Waals surface area (Å²) in [6.45, 7) is 16.7. The van der Waals surface area contributed by atoms with Gasteiger partial charge in [-0.05, 0) is 101 Å². The maximum atomic E-state index is 5.62. The number of fused-ring (bicyclic) bond motifs is 1. The van der Waals surface area contributed by atoms with Crippen LogP contribution in [-0.2, 0) is 12.8 Å². The van der Waals surface area contributed by atoms with Crippen molar-refractivity contribution < 1.29 is 4.74 Å². The Morgan fingerprint density at radius 3 is 2.12 bits per heavy atom. The van der Waals surface area contributed by atoms with Crippen LogP contribution in [0.5, 0.6) is 5.75 Å². The fourth-order valence-corrected chi connectivity index (χ4v) is 4.72. The lowest BCUT2D eigenvalue weighted by Crippen LogP contribution is -2.12. The topological polar surface area (TPSA) is 50.3 Å². The number of hydrogen-bond donors (Lipinski definition) is 1. The number of rotatable bonds is 15. The highest BCUT2D eigenvalue weighted by Crippen LogP contribution is 2.33. The molecule has 0 bridgehead atoms. The zero-order valence-corrected chi connectivity index (χ0v) is 28.5. The van der Waals surface area contributed by atoms with Gasteiger partial charge in [-0.1, -0.05) is 85.8 Å². The van der Waals surface area contributed by atoms with E-state index in [9.17, 15) is 0 Å². The van der Waals surface area contributed by atoms with Crippen molar-refractivity contribution in [1.29, 1.82) is 0 Å². The summed E-state index contributed by atoms with van der Waals surface area (Å²) in [5.74, 6) is 3.35. The molecule has 2 aromatic rings. The molecule has 3 rings (SSSR count). The predicted molar refractivity (Wildman–Crippen MR) is 180 cm³/mol. The predicted octanol–water partition coefficient (Wildman–Crippen LogP) is 9.11. The summed E-state index contributed by atoms with van der Waals surface area (Å²) in [5, 5.41) is 3.02. The highest BCUT2D eigenvalue weighted by atomic mass is 16.5. The highest BCUT2D eigenvalue weighted by Gasteiger charge is 2.18. The van der Waals surface area contributed by atoms with Crippen molar-refractivity contribution in [3.8, 4) is 5.75 Å². The molecule has 2 atom stereocenters. The molecule has 0 radical (unpaired) electrons. The monoisotopic (exact) mass is 571 g/mol. The Morgan fingerprint density at radius 2 is 1.61 bits per heavy atom. The van der Waals surface area contributed by atoms with Crippen LogP contribution in [0.3, 0.4) is 0 Å². The summed E-state index contributed by atoms with van der Waals surface area (Å²) in [4.78, 5) is 10.9. The van der Waals surface area contributed by atoms with Crippen molar-refractivity contribution in [1.82, 2.24) is 20.2 Å². The summed E-state index contributed by atoms with van der Waals surface area (Å²) in [6, 6.07) is 8.65. The van der Waals surface area contributed by atoms with Crippen molar-refractivity contribution in [2.45, 2.75) is 125 Å². The third-order valence-electron chi connectivity index (χ3n) is 7.26. The SMILES string of the molecule is CCC(CC(C)CCc1ncccn1)c1ccc2c(c1)CCO2.CCCCC.CCCCCN(C)C.CCCNC. The van der Waals surface area contributed by atoms with Crippen molar-refractivity contribution in [2.75, 3.05) is 40.8 Å². The lowest BCUT2D eigenvalue weighted by molar-refractivity contribution is 0.356. The summed E-state index contributed by atoms with van der Waals surface area (Å²) >= 11 is 0. The van der Waals surface area contributed by atoms with Crippen molar-refractivity contribution in [3.05, 3.63) is 53.6 Å². The molecule has 2 unspecified atom stereocenters. The van der Waals surface area contributed by atoms with Crippen LogP contribution in [-0.4, -0.2) is 55.7 Å². The normalized spacial score (nSPS) is 12.9. The van der Waals surface area contributed by atoms with Crippen molar-refractivity contribution in [2.24, 2.45) is 5.92 Å². The molecule has 236 valence electrons. The molecule has 2 heterocycles. The molecule has 1 aromatic carbocycles. The number of nitrogens with zero attached hydrogens (tertiary/aromatic N) is 3. The minimum atomic E-state index is 0.632. The van der Waals surface area contributed by atoms with E-state index in [1.165, 1.54) is 75.5 Å². The van der Waals surface area contributed by atoms with Gasteiger partial charge in [0.25, 0.3) is 0 Å². The third kappa shape index (κ3) is 20.5. The first-order chi connectivity index (χ1) is 19.9. The van der Waals surface area contributed by atoms with Crippen LogP contribution in [0.25, 0.3) is 0 Å². The number of nitrogens with one attached hydrogen (secondary N) is 1. The maximum Gasteiger partial charge on any atom is 0.128 e. The molecule has 41 heavy (non-hydrogen) atoms. The highest BCUT2D eigenvalue weighted by molar-refractivity contribution is 5.40. The van der Waals surface area contributed by atoms with Gasteiger partial charge in [-0.25, -0.2) is 9.97 Å². The smallest absolute Gasteiger partial charge is 0.128 e. The van der Waals surface area contributed by atoms with Crippen molar-refractivity contribution >= 4 is 0 Å². The van der Waals surface area contributed by atoms with Crippen LogP contribution in [0.2, 0.25) is 0 Å². The zero-order chi connectivity index (χ0) is 30.7. The molecule has 0 saturated heterocycles. The average Bonchev–Trinajstić information content (AvgIpc) is 3.45. The Labute approximate surface area is 255 Å². The number of benzene rings is 1. The molecule has 0 spiro atoms. The summed E-state index contributed by atoms with van der Waals surface area (Å²) in [5.41, 5.74) is 2.85. The van der Waals surface area contributed by atoms with Gasteiger partial charge in [-0.2, -0.15) is 0 Å². The van der Waals surface area contributed by atoms with Gasteiger partial charge in [-0.3, -0.25) is 0 Å². The van der Waals surface area contributed by atoms with Crippen LogP contribution >= 0.6 is 0 Å². The van der Waals surface area contributed by atoms with Gasteiger partial charge in [0, 0.05) is 25.2 Å². The molecule has 0 fully saturated rings. The van der Waals surface area contributed by atoms with E-state index in [2.05, 4.69) is 94.0 Å². The molecule has 0 aliphatic carbocycles. The summed E-state index contributed by atoms with van der Waals surface area (Å²) in [7, 11) is 6.20. The fraction of sp³-hybridized carbons (Fsp3) is 0.722. The van der Waals surface area contributed by atoms with Gasteiger partial charge >= 0.3 is 0 Å². The first-order valence-electron chi connectivity index (χ1n) is 16.7. The number of ether oxygens (including phenoxy) is 1. The Morgan fingerprint density at radius 1 is 0.927 bits per heavy atom. The van der Waals surface area contributed by atoms with E-state index in [-0.39, 0.29) is 0 Å². The molecular formula is C36H66N4O. The summed E-state index contributed by atoms with van der Waals surface area (Å²) < 4.78 is 5.62. The quantitative estimate of drug-likeness (QED) is 0.216. The van der Waals surface area contributed by atoms with Gasteiger partial charge in [0.2, 0.25) is 0 Å². The second-order valence-corrected chi connectivity index (χ2v) is 11.6. The maximum absolute atomic E-state index is 5.62. The van der Waals surface area contributed by atoms with E-state index in [0.29, 0.717) is 11.8 Å². The standard InChI is InChI=1S/C20H26N2O.C7H17N.C5H12.C4H11N/c1-3-16(17-6-7-19-18(14-17)9-12-23-19)13-15(2)5-8-20-21-10-4-11-22-20;1-4-5-6-7-8(2)3;1-3-5-4-2;1-3-4-5-2/h4,6-7,10-11,14-16H,3,5,8-9,12-13H2,1-2H3;4-7H2,1-3H3;3-5H2,1-2H3;5H,3-4H2,1-2H3. The number of aromatic nitrogens is 2. The molecule has 5 nitrogen and oxygen atoms in total. The first kappa shape index (κ1) is 39.0. The Hall–Kier alpha value is -1.98. The third-order valence-corrected chi connectivity index (χ3v) is 7.26. The zero-order valence-electron chi connectivity index (χ0n) is 28.5. The molecule has 0 amide bonds. The second kappa shape index (κ2) is 26.9. The molecule has 0 saturated carbocycles. The van der Waals surface area contributed by atoms with Crippen molar-refractivity contribution in [3.63, 3.8) is 0 Å². The van der Waals surface area contributed by atoms with Crippen LogP contribution in [0.1, 0.15) is 129 Å². The number of unbranched alkanes of at least 4 members (excludes halogenated alkanes) is 4. The van der Waals surface area contributed by atoms with Crippen LogP contribution < -0.4 is 10.1 Å². The van der Waals surface area contributed by atoms with Gasteiger partial charge < -0.3 is 15.0 Å². The minimum Gasteiger partial charge on any atom is -0.493 e. The van der Waals surface area contributed by atoms with E-state index >= 15 is 0 Å². The van der Waals surface area contributed by atoms with Gasteiger partial charge in [0.1, 0.15) is 11.6 Å². The van der Waals surface area contributed by atoms with Crippen LogP contribution in [0.4, 0.5) is 0 Å². The van der Waals surface area contributed by atoms with Crippen LogP contribution in [0.15, 0.2) is 36.7 Å². The van der Waals surface area contributed by atoms with E-state index in [4.69, 9.17) is 4.74 Å². The lowest BCUT2D eigenvalue weighted by atomic mass is 9.85. The van der Waals surface area contributed by atoms with E-state index in [0.717, 1.165) is 44.0 Å². The average molecular weight is 571 g/mol. The Bertz CT molecular complexity index is 818. The Balaban J connectivity index is 0.000000729. The van der Waals surface area contributed by atoms with Gasteiger partial charge in [0.15, 0.2) is 0 Å². The molecule has 1 aliphatic heterocycles. The largest absolute Gasteiger partial charge is 0.493 e. The van der Waals surface area contributed by atoms with Gasteiger partial charge in [0.05, 0.1) is 6.61 Å². The fourth-order valence-electron chi connectivity index (χ4n) is 4.72. The van der Waals surface area contributed by atoms with Crippen LogP contribution in [0, 0.1) is 5.92 Å². The molecular weight excluding hydrogens is 504 g/mol. The lowest BCUT2D eigenvalue weighted by Gasteiger charge is -2.20. The number of aryl methyl sites for hydroxylation is 1. The first-order valence-corrected chi connectivity index (χ1v) is 16.7. The van der Waals surface area contributed by atoms with E-state index in [1.54, 1.807) is 0 Å². The molecule has 1 aromatic heterocycles. The molecule has 1 aliphatic rings. The van der Waals surface area contributed by atoms with E-state index < -0.39 is 0 Å². The molecule has 5 heteroatoms. The Kier molecular flexibility index (Phi) is 25.6. The minimum absolute atomic E-state index is 0.632. The molecule has 1 N–H and O–H groups in total. The number of hydrogen-bond acceptors (Lipinski definition) is 5. The van der Waals surface area contributed by atoms with Gasteiger partial charge in [-0.15, -0.1) is 0 Å².